The number of ether oxygens (including phenoxy) is 1. The average molecular weight is 677 g/mol. The number of halogens is 1. The Kier molecular flexibility index (Phi) is 8.74. The minimum Gasteiger partial charge on any atom is -0.489 e. The first-order chi connectivity index (χ1) is 21.6. The lowest BCUT2D eigenvalue weighted by atomic mass is 9.77. The maximum atomic E-state index is 14.3. The molecule has 3 unspecified atom stereocenters. The fourth-order valence-corrected chi connectivity index (χ4v) is 7.69. The molecule has 5 N–H and O–H groups in total. The van der Waals surface area contributed by atoms with Crippen LogP contribution in [0.1, 0.15) is 64.3 Å². The number of carboxylic acid groups (broad SMARTS) is 1. The number of nitrogens with zero attached hydrogens (tertiary/aromatic N) is 3. The molecule has 2 heterocycles. The highest BCUT2D eigenvalue weighted by Crippen LogP contribution is 2.44. The lowest BCUT2D eigenvalue weighted by Gasteiger charge is -2.43. The highest BCUT2D eigenvalue weighted by Gasteiger charge is 2.44. The van der Waals surface area contributed by atoms with Gasteiger partial charge in [-0.15, -0.1) is 0 Å². The summed E-state index contributed by atoms with van der Waals surface area (Å²) in [7, 11) is 1.72. The molecule has 6 rings (SSSR count). The van der Waals surface area contributed by atoms with Crippen molar-refractivity contribution >= 4 is 45.1 Å². The quantitative estimate of drug-likeness (QED) is 0.174. The van der Waals surface area contributed by atoms with Crippen molar-refractivity contribution in [3.8, 4) is 5.75 Å². The number of aliphatic carboxylic acids is 1. The van der Waals surface area contributed by atoms with Crippen LogP contribution in [0, 0.1) is 11.8 Å². The van der Waals surface area contributed by atoms with Crippen LogP contribution < -0.4 is 21.3 Å². The molecular formula is C34H38BrN5O5. The monoisotopic (exact) mass is 675 g/mol. The van der Waals surface area contributed by atoms with Crippen molar-refractivity contribution < 1.29 is 24.2 Å². The molecule has 45 heavy (non-hydrogen) atoms. The zero-order valence-corrected chi connectivity index (χ0v) is 26.8. The van der Waals surface area contributed by atoms with Gasteiger partial charge in [-0.3, -0.25) is 14.4 Å². The summed E-state index contributed by atoms with van der Waals surface area (Å²) in [6.45, 7) is 1.34. The summed E-state index contributed by atoms with van der Waals surface area (Å²) in [5, 5.41) is 11.5. The van der Waals surface area contributed by atoms with E-state index in [1.807, 2.05) is 59.5 Å². The van der Waals surface area contributed by atoms with Crippen LogP contribution >= 0.6 is 15.9 Å². The maximum absolute atomic E-state index is 14.3. The molecule has 0 bridgehead atoms. The number of hydrogen-bond acceptors (Lipinski definition) is 7. The average Bonchev–Trinajstić information content (AvgIpc) is 3.35. The first kappa shape index (κ1) is 30.9. The van der Waals surface area contributed by atoms with Crippen molar-refractivity contribution in [3.63, 3.8) is 0 Å². The third-order valence-corrected chi connectivity index (χ3v) is 10.2. The van der Waals surface area contributed by atoms with Crippen molar-refractivity contribution in [2.45, 2.75) is 51.3 Å². The number of nitrogens with two attached hydrogens (primary N) is 2. The fraction of sp³-hybridized carbons (Fsp3) is 0.382. The molecule has 1 aliphatic carbocycles. The molecule has 3 aromatic carbocycles. The lowest BCUT2D eigenvalue weighted by molar-refractivity contribution is -0.153. The summed E-state index contributed by atoms with van der Waals surface area (Å²) in [6, 6.07) is 16.4. The van der Waals surface area contributed by atoms with Gasteiger partial charge in [0.2, 0.25) is 5.91 Å². The summed E-state index contributed by atoms with van der Waals surface area (Å²) in [5.41, 5.74) is 11.8. The topological polar surface area (TPSA) is 142 Å². The van der Waals surface area contributed by atoms with Gasteiger partial charge in [0.25, 0.3) is 5.91 Å². The predicted octanol–water partition coefficient (Wildman–Crippen LogP) is 4.89. The Morgan fingerprint density at radius 3 is 2.56 bits per heavy atom. The van der Waals surface area contributed by atoms with E-state index in [0.717, 1.165) is 39.6 Å². The number of rotatable bonds is 8. The zero-order valence-electron chi connectivity index (χ0n) is 25.2. The SMILES string of the molecule is CN(N)c1ccc(COc2ccc(Br)c3c2C(CN2Cc4ccccc4C2=O)N(C(=O)C2CCCCC2C(=O)O)CC3)cc1N. The second-order valence-electron chi connectivity index (χ2n) is 12.2. The molecule has 0 aromatic heterocycles. The normalized spacial score (nSPS) is 20.9. The van der Waals surface area contributed by atoms with Crippen LogP contribution in [0.25, 0.3) is 0 Å². The third kappa shape index (κ3) is 5.98. The van der Waals surface area contributed by atoms with E-state index in [2.05, 4.69) is 15.9 Å². The van der Waals surface area contributed by atoms with Crippen LogP contribution in [0.2, 0.25) is 0 Å². The molecule has 0 radical (unpaired) electrons. The summed E-state index contributed by atoms with van der Waals surface area (Å²) in [5.74, 6) is 4.00. The summed E-state index contributed by atoms with van der Waals surface area (Å²) >= 11 is 3.73. The maximum Gasteiger partial charge on any atom is 0.307 e. The summed E-state index contributed by atoms with van der Waals surface area (Å²) in [4.78, 5) is 43.7. The second-order valence-corrected chi connectivity index (χ2v) is 13.1. The number of carbonyl (C=O) groups excluding carboxylic acids is 2. The van der Waals surface area contributed by atoms with E-state index in [0.29, 0.717) is 55.0 Å². The van der Waals surface area contributed by atoms with Crippen LogP contribution in [0.15, 0.2) is 59.1 Å². The first-order valence-corrected chi connectivity index (χ1v) is 16.1. The van der Waals surface area contributed by atoms with E-state index in [4.69, 9.17) is 16.3 Å². The molecular weight excluding hydrogens is 638 g/mol. The predicted molar refractivity (Wildman–Crippen MR) is 174 cm³/mol. The molecule has 3 aliphatic rings. The van der Waals surface area contributed by atoms with Crippen LogP contribution in [0.4, 0.5) is 11.4 Å². The van der Waals surface area contributed by atoms with E-state index >= 15 is 0 Å². The number of carboxylic acids is 1. The summed E-state index contributed by atoms with van der Waals surface area (Å²) in [6.07, 6.45) is 3.21. The number of anilines is 2. The van der Waals surface area contributed by atoms with Gasteiger partial charge in [0, 0.05) is 42.3 Å². The van der Waals surface area contributed by atoms with E-state index in [9.17, 15) is 19.5 Å². The Morgan fingerprint density at radius 1 is 1.09 bits per heavy atom. The Bertz CT molecular complexity index is 1650. The third-order valence-electron chi connectivity index (χ3n) is 9.41. The molecule has 1 saturated carbocycles. The standard InChI is InChI=1S/C34H38BrN5O5/c1-38(37)28-12-10-20(16-27(28)36)19-45-30-13-11-26(35)25-14-15-40(33(42)23-8-4-5-9-24(23)34(43)44)29(31(25)30)18-39-17-21-6-2-3-7-22(21)32(39)41/h2-3,6-7,10-13,16,23-24,29H,4-5,8-9,14-15,17-19,36-37H2,1H3,(H,43,44). The Hall–Kier alpha value is -4.09. The summed E-state index contributed by atoms with van der Waals surface area (Å²) < 4.78 is 7.36. The molecule has 0 saturated heterocycles. The second kappa shape index (κ2) is 12.7. The van der Waals surface area contributed by atoms with E-state index < -0.39 is 23.8 Å². The number of carbonyl (C=O) groups is 3. The molecule has 236 valence electrons. The molecule has 2 amide bonds. The van der Waals surface area contributed by atoms with Crippen LogP contribution in [-0.4, -0.2) is 52.8 Å². The first-order valence-electron chi connectivity index (χ1n) is 15.4. The van der Waals surface area contributed by atoms with Gasteiger partial charge in [-0.05, 0) is 66.3 Å². The number of hydrazine groups is 1. The van der Waals surface area contributed by atoms with Crippen molar-refractivity contribution in [1.82, 2.24) is 9.80 Å². The van der Waals surface area contributed by atoms with Crippen LogP contribution in [-0.2, 0) is 29.2 Å². The van der Waals surface area contributed by atoms with Crippen molar-refractivity contribution in [3.05, 3.63) is 86.9 Å². The number of nitrogen functional groups attached to an aromatic ring is 1. The zero-order chi connectivity index (χ0) is 31.8. The highest BCUT2D eigenvalue weighted by atomic mass is 79.9. The fourth-order valence-electron chi connectivity index (χ4n) is 7.14. The van der Waals surface area contributed by atoms with Gasteiger partial charge in [-0.25, -0.2) is 5.84 Å². The van der Waals surface area contributed by atoms with Crippen LogP contribution in [0.3, 0.4) is 0 Å². The van der Waals surface area contributed by atoms with Gasteiger partial charge < -0.3 is 30.4 Å². The number of hydrogen-bond donors (Lipinski definition) is 3. The van der Waals surface area contributed by atoms with Crippen LogP contribution in [0.5, 0.6) is 5.75 Å². The molecule has 1 fully saturated rings. The van der Waals surface area contributed by atoms with Gasteiger partial charge in [-0.1, -0.05) is 53.0 Å². The molecule has 3 aromatic rings. The van der Waals surface area contributed by atoms with E-state index in [-0.39, 0.29) is 25.0 Å². The minimum absolute atomic E-state index is 0.0795. The number of fused-ring (bicyclic) bond motifs is 2. The molecule has 10 nitrogen and oxygen atoms in total. The van der Waals surface area contributed by atoms with Crippen molar-refractivity contribution in [2.75, 3.05) is 30.9 Å². The van der Waals surface area contributed by atoms with Crippen molar-refractivity contribution in [2.24, 2.45) is 17.7 Å². The molecule has 3 atom stereocenters. The van der Waals surface area contributed by atoms with Gasteiger partial charge in [0.15, 0.2) is 0 Å². The van der Waals surface area contributed by atoms with Gasteiger partial charge in [-0.2, -0.15) is 0 Å². The Morgan fingerprint density at radius 2 is 1.84 bits per heavy atom. The highest BCUT2D eigenvalue weighted by molar-refractivity contribution is 9.10. The molecule has 2 aliphatic heterocycles. The van der Waals surface area contributed by atoms with Gasteiger partial charge in [0.05, 0.1) is 29.3 Å². The van der Waals surface area contributed by atoms with Gasteiger partial charge in [0.1, 0.15) is 12.4 Å². The lowest BCUT2D eigenvalue weighted by Crippen LogP contribution is -2.50. The molecule has 0 spiro atoms. The van der Waals surface area contributed by atoms with E-state index in [1.54, 1.807) is 11.9 Å². The number of benzene rings is 3. The van der Waals surface area contributed by atoms with Crippen molar-refractivity contribution in [1.29, 1.82) is 0 Å². The Labute approximate surface area is 271 Å². The Balaban J connectivity index is 1.37. The largest absolute Gasteiger partial charge is 0.489 e. The number of amides is 2. The molecule has 11 heteroatoms. The minimum atomic E-state index is -0.926. The van der Waals surface area contributed by atoms with Gasteiger partial charge >= 0.3 is 5.97 Å². The van der Waals surface area contributed by atoms with E-state index in [1.165, 1.54) is 5.01 Å². The smallest absolute Gasteiger partial charge is 0.307 e.